The number of hydrogen-bond donors (Lipinski definition) is 1. The second-order valence-corrected chi connectivity index (χ2v) is 9.33. The van der Waals surface area contributed by atoms with Crippen LogP contribution in [0, 0.1) is 23.6 Å². The molecule has 5 nitrogen and oxygen atoms in total. The van der Waals surface area contributed by atoms with Crippen molar-refractivity contribution in [3.05, 3.63) is 29.1 Å². The lowest BCUT2D eigenvalue weighted by Crippen LogP contribution is -2.30. The van der Waals surface area contributed by atoms with Crippen LogP contribution >= 0.6 is 0 Å². The zero-order valence-electron chi connectivity index (χ0n) is 14.1. The highest BCUT2D eigenvalue weighted by Gasteiger charge is 2.52. The van der Waals surface area contributed by atoms with Gasteiger partial charge in [-0.1, -0.05) is 6.42 Å². The van der Waals surface area contributed by atoms with Crippen molar-refractivity contribution in [2.24, 2.45) is 17.8 Å². The van der Waals surface area contributed by atoms with E-state index in [1.807, 2.05) is 4.72 Å². The van der Waals surface area contributed by atoms with Crippen LogP contribution in [-0.4, -0.2) is 27.2 Å². The van der Waals surface area contributed by atoms with Crippen LogP contribution < -0.4 is 9.46 Å². The van der Waals surface area contributed by atoms with Crippen molar-refractivity contribution in [1.29, 1.82) is 0 Å². The van der Waals surface area contributed by atoms with Gasteiger partial charge in [0.05, 0.1) is 18.4 Å². The number of carbonyl (C=O) groups is 1. The van der Waals surface area contributed by atoms with Crippen molar-refractivity contribution in [3.63, 3.8) is 0 Å². The largest absolute Gasteiger partial charge is 0.493 e. The third-order valence-electron chi connectivity index (χ3n) is 5.65. The maximum atomic E-state index is 14.4. The smallest absolute Gasteiger partial charge is 0.267 e. The molecule has 1 N–H and O–H groups in total. The number of amides is 1. The molecule has 0 heterocycles. The lowest BCUT2D eigenvalue weighted by Gasteiger charge is -2.14. The molecule has 1 amide bonds. The van der Waals surface area contributed by atoms with Crippen molar-refractivity contribution in [2.45, 2.75) is 38.0 Å². The molecule has 3 atom stereocenters. The van der Waals surface area contributed by atoms with Crippen molar-refractivity contribution in [2.75, 3.05) is 12.9 Å². The van der Waals surface area contributed by atoms with E-state index < -0.39 is 21.7 Å². The van der Waals surface area contributed by atoms with E-state index in [2.05, 4.69) is 0 Å². The summed E-state index contributed by atoms with van der Waals surface area (Å²) in [6.45, 7) is 0.601. The fraction of sp³-hybridized carbons (Fsp3) is 0.611. The SMILES string of the molecule is CS(=O)(=O)NC(=O)c1cc(C2CC2)c(OC[C@H]2[C@@H]3CCC[C@@H]32)cc1F. The number of fused-ring (bicyclic) bond motifs is 1. The fourth-order valence-corrected chi connectivity index (χ4v) is 4.66. The van der Waals surface area contributed by atoms with E-state index in [0.717, 1.165) is 36.5 Å². The number of benzene rings is 1. The van der Waals surface area contributed by atoms with E-state index in [4.69, 9.17) is 4.74 Å². The van der Waals surface area contributed by atoms with Crippen molar-refractivity contribution < 1.29 is 22.3 Å². The first-order valence-corrected chi connectivity index (χ1v) is 10.7. The third kappa shape index (κ3) is 3.52. The Kier molecular flexibility index (Phi) is 4.02. The Bertz CT molecular complexity index is 809. The Morgan fingerprint density at radius 1 is 1.24 bits per heavy atom. The van der Waals surface area contributed by atoms with Crippen LogP contribution in [0.2, 0.25) is 0 Å². The Hall–Kier alpha value is -1.63. The molecular formula is C18H22FNO4S. The summed E-state index contributed by atoms with van der Waals surface area (Å²) in [6, 6.07) is 2.69. The Labute approximate surface area is 147 Å². The summed E-state index contributed by atoms with van der Waals surface area (Å²) in [4.78, 5) is 12.0. The molecule has 0 spiro atoms. The normalized spacial score (nSPS) is 27.7. The molecule has 3 aliphatic rings. The number of nitrogens with one attached hydrogen (secondary N) is 1. The third-order valence-corrected chi connectivity index (χ3v) is 6.21. The van der Waals surface area contributed by atoms with Crippen LogP contribution in [0.15, 0.2) is 12.1 Å². The summed E-state index contributed by atoms with van der Waals surface area (Å²) >= 11 is 0. The van der Waals surface area contributed by atoms with E-state index in [0.29, 0.717) is 18.3 Å². The van der Waals surface area contributed by atoms with Crippen LogP contribution in [-0.2, 0) is 10.0 Å². The second-order valence-electron chi connectivity index (χ2n) is 7.58. The average Bonchev–Trinajstić information content (AvgIpc) is 3.42. The minimum atomic E-state index is -3.74. The minimum absolute atomic E-state index is 0.247. The van der Waals surface area contributed by atoms with Crippen LogP contribution in [0.4, 0.5) is 4.39 Å². The molecule has 0 unspecified atom stereocenters. The highest BCUT2D eigenvalue weighted by Crippen LogP contribution is 2.57. The summed E-state index contributed by atoms with van der Waals surface area (Å²) < 4.78 is 44.6. The Morgan fingerprint density at radius 2 is 1.92 bits per heavy atom. The predicted octanol–water partition coefficient (Wildman–Crippen LogP) is 2.82. The molecule has 1 aromatic rings. The van der Waals surface area contributed by atoms with Gasteiger partial charge in [0.1, 0.15) is 11.6 Å². The van der Waals surface area contributed by atoms with Crippen molar-refractivity contribution in [3.8, 4) is 5.75 Å². The molecule has 0 bridgehead atoms. The molecule has 0 radical (unpaired) electrons. The molecule has 0 aliphatic heterocycles. The van der Waals surface area contributed by atoms with Gasteiger partial charge in [-0.25, -0.2) is 17.5 Å². The van der Waals surface area contributed by atoms with Crippen molar-refractivity contribution >= 4 is 15.9 Å². The molecule has 4 rings (SSSR count). The first kappa shape index (κ1) is 16.8. The first-order chi connectivity index (χ1) is 11.8. The Morgan fingerprint density at radius 3 is 2.52 bits per heavy atom. The molecule has 7 heteroatoms. The number of rotatable bonds is 6. The van der Waals surface area contributed by atoms with E-state index in [1.54, 1.807) is 0 Å². The van der Waals surface area contributed by atoms with E-state index in [1.165, 1.54) is 31.4 Å². The summed E-state index contributed by atoms with van der Waals surface area (Å²) in [5, 5.41) is 0. The lowest BCUT2D eigenvalue weighted by molar-refractivity contribution is 0.0977. The first-order valence-electron chi connectivity index (χ1n) is 8.82. The summed E-state index contributed by atoms with van der Waals surface area (Å²) in [5.74, 6) is 1.20. The second kappa shape index (κ2) is 5.97. The van der Waals surface area contributed by atoms with E-state index in [-0.39, 0.29) is 11.5 Å². The fourth-order valence-electron chi connectivity index (χ4n) is 4.21. The molecule has 3 aliphatic carbocycles. The molecule has 25 heavy (non-hydrogen) atoms. The van der Waals surface area contributed by atoms with Gasteiger partial charge in [0, 0.05) is 6.07 Å². The molecule has 0 saturated heterocycles. The van der Waals surface area contributed by atoms with E-state index in [9.17, 15) is 17.6 Å². The highest BCUT2D eigenvalue weighted by molar-refractivity contribution is 7.89. The average molecular weight is 367 g/mol. The lowest BCUT2D eigenvalue weighted by atomic mass is 10.0. The Balaban J connectivity index is 1.53. The zero-order valence-corrected chi connectivity index (χ0v) is 14.9. The topological polar surface area (TPSA) is 72.5 Å². The number of carbonyl (C=O) groups excluding carboxylic acids is 1. The maximum absolute atomic E-state index is 14.4. The van der Waals surface area contributed by atoms with Crippen LogP contribution in [0.25, 0.3) is 0 Å². The van der Waals surface area contributed by atoms with Crippen LogP contribution in [0.1, 0.15) is 53.9 Å². The van der Waals surface area contributed by atoms with E-state index >= 15 is 0 Å². The molecule has 136 valence electrons. The molecule has 3 fully saturated rings. The monoisotopic (exact) mass is 367 g/mol. The molecular weight excluding hydrogens is 345 g/mol. The van der Waals surface area contributed by atoms with Crippen molar-refractivity contribution in [1.82, 2.24) is 4.72 Å². The van der Waals surface area contributed by atoms with Gasteiger partial charge in [0.25, 0.3) is 5.91 Å². The number of hydrogen-bond acceptors (Lipinski definition) is 4. The molecule has 1 aromatic carbocycles. The number of ether oxygens (including phenoxy) is 1. The molecule has 3 saturated carbocycles. The quantitative estimate of drug-likeness (QED) is 0.839. The van der Waals surface area contributed by atoms with Gasteiger partial charge in [-0.05, 0) is 61.0 Å². The number of halogens is 1. The maximum Gasteiger partial charge on any atom is 0.267 e. The van der Waals surface area contributed by atoms with Gasteiger partial charge in [-0.3, -0.25) is 4.79 Å². The standard InChI is InChI=1S/C18H22FNO4S/c1-25(22,23)20-18(21)14-7-13(10-5-6-10)17(8-16(14)19)24-9-15-11-3-2-4-12(11)15/h7-8,10-12,15H,2-6,9H2,1H3,(H,20,21)/t11-,12+,15+. The zero-order chi connectivity index (χ0) is 17.8. The van der Waals surface area contributed by atoms with Gasteiger partial charge in [-0.2, -0.15) is 0 Å². The number of sulfonamides is 1. The molecule has 0 aromatic heterocycles. The van der Waals surface area contributed by atoms with Crippen LogP contribution in [0.5, 0.6) is 5.75 Å². The predicted molar refractivity (Wildman–Crippen MR) is 90.5 cm³/mol. The van der Waals surface area contributed by atoms with Gasteiger partial charge in [0.2, 0.25) is 10.0 Å². The summed E-state index contributed by atoms with van der Waals surface area (Å²) in [7, 11) is -3.74. The van der Waals surface area contributed by atoms with Gasteiger partial charge >= 0.3 is 0 Å². The summed E-state index contributed by atoms with van der Waals surface area (Å²) in [5.41, 5.74) is 0.564. The summed E-state index contributed by atoms with van der Waals surface area (Å²) in [6.07, 6.45) is 6.67. The van der Waals surface area contributed by atoms with Gasteiger partial charge in [-0.15, -0.1) is 0 Å². The highest BCUT2D eigenvalue weighted by atomic mass is 32.2. The minimum Gasteiger partial charge on any atom is -0.493 e. The van der Waals surface area contributed by atoms with Crippen LogP contribution in [0.3, 0.4) is 0 Å². The van der Waals surface area contributed by atoms with Gasteiger partial charge < -0.3 is 4.74 Å². The van der Waals surface area contributed by atoms with Gasteiger partial charge in [0.15, 0.2) is 0 Å².